The highest BCUT2D eigenvalue weighted by atomic mass is 32.2. The number of thioether (sulfide) groups is 1. The zero-order chi connectivity index (χ0) is 14.8. The molecule has 2 N–H and O–H groups in total. The minimum Gasteiger partial charge on any atom is -0.481 e. The van der Waals surface area contributed by atoms with E-state index in [9.17, 15) is 9.59 Å². The number of amides is 1. The molecule has 1 rings (SSSR count). The summed E-state index contributed by atoms with van der Waals surface area (Å²) in [6.07, 6.45) is 0.879. The minimum absolute atomic E-state index is 0.0475. The van der Waals surface area contributed by atoms with Crippen LogP contribution in [0.2, 0.25) is 0 Å². The average molecular weight is 297 g/mol. The lowest BCUT2D eigenvalue weighted by atomic mass is 10.2. The minimum atomic E-state index is -0.826. The third kappa shape index (κ3) is 7.16. The average Bonchev–Trinajstić information content (AvgIpc) is 2.39. The monoisotopic (exact) mass is 297 g/mol. The number of carbonyl (C=O) groups excluding carboxylic acids is 1. The quantitative estimate of drug-likeness (QED) is 0.684. The van der Waals surface area contributed by atoms with E-state index >= 15 is 0 Å². The van der Waals surface area contributed by atoms with Gasteiger partial charge < -0.3 is 15.2 Å². The molecule has 0 saturated heterocycles. The van der Waals surface area contributed by atoms with E-state index in [2.05, 4.69) is 5.32 Å². The fraction of sp³-hybridized carbons (Fsp3) is 0.429. The third-order valence-electron chi connectivity index (χ3n) is 2.29. The van der Waals surface area contributed by atoms with E-state index in [1.807, 2.05) is 25.1 Å². The Morgan fingerprint density at radius 2 is 2.20 bits per heavy atom. The summed E-state index contributed by atoms with van der Waals surface area (Å²) in [5, 5.41) is 11.3. The lowest BCUT2D eigenvalue weighted by molar-refractivity contribution is -0.133. The predicted octanol–water partition coefficient (Wildman–Crippen LogP) is 2.37. The summed E-state index contributed by atoms with van der Waals surface area (Å²) in [4.78, 5) is 22.0. The number of carboxylic acid groups (broad SMARTS) is 1. The van der Waals surface area contributed by atoms with Gasteiger partial charge in [0.15, 0.2) is 0 Å². The summed E-state index contributed by atoms with van der Waals surface area (Å²) in [5.74, 6) is -0.342. The number of carboxylic acids is 1. The van der Waals surface area contributed by atoms with Gasteiger partial charge in [-0.25, -0.2) is 0 Å². The molecule has 20 heavy (non-hydrogen) atoms. The molecule has 0 heterocycles. The van der Waals surface area contributed by atoms with Gasteiger partial charge >= 0.3 is 5.97 Å². The van der Waals surface area contributed by atoms with Gasteiger partial charge in [0.1, 0.15) is 6.61 Å². The van der Waals surface area contributed by atoms with Crippen molar-refractivity contribution in [1.29, 1.82) is 0 Å². The van der Waals surface area contributed by atoms with Gasteiger partial charge in [0.05, 0.1) is 5.75 Å². The first-order valence-electron chi connectivity index (χ1n) is 6.38. The summed E-state index contributed by atoms with van der Waals surface area (Å²) in [5.41, 5.74) is 1.67. The van der Waals surface area contributed by atoms with Crippen LogP contribution >= 0.6 is 11.8 Å². The van der Waals surface area contributed by atoms with Gasteiger partial charge in [0, 0.05) is 18.0 Å². The van der Waals surface area contributed by atoms with Crippen molar-refractivity contribution in [3.8, 4) is 0 Å². The third-order valence-corrected chi connectivity index (χ3v) is 3.28. The highest BCUT2D eigenvalue weighted by molar-refractivity contribution is 7.99. The molecule has 0 aliphatic carbocycles. The number of hydrogen-bond acceptors (Lipinski definition) is 4. The molecule has 1 aromatic rings. The van der Waals surface area contributed by atoms with Crippen LogP contribution in [0.3, 0.4) is 0 Å². The van der Waals surface area contributed by atoms with Crippen molar-refractivity contribution in [3.05, 3.63) is 29.8 Å². The maximum absolute atomic E-state index is 11.6. The first-order chi connectivity index (χ1) is 9.61. The molecule has 0 aliphatic rings. The molecular weight excluding hydrogens is 278 g/mol. The summed E-state index contributed by atoms with van der Waals surface area (Å²) >= 11 is 1.32. The molecule has 110 valence electrons. The second-order valence-electron chi connectivity index (χ2n) is 4.19. The highest BCUT2D eigenvalue weighted by Crippen LogP contribution is 2.16. The molecule has 0 aromatic heterocycles. The van der Waals surface area contributed by atoms with Gasteiger partial charge in [-0.15, -0.1) is 11.8 Å². The molecule has 5 nitrogen and oxygen atoms in total. The fourth-order valence-electron chi connectivity index (χ4n) is 1.50. The SMILES string of the molecule is CCCOCC(=O)Nc1cccc(CSCC(=O)O)c1. The molecule has 0 bridgehead atoms. The normalized spacial score (nSPS) is 10.2. The molecule has 0 saturated carbocycles. The van der Waals surface area contributed by atoms with Gasteiger partial charge in [-0.05, 0) is 24.1 Å². The van der Waals surface area contributed by atoms with Crippen molar-refractivity contribution in [2.75, 3.05) is 24.3 Å². The molecular formula is C14H19NO4S. The van der Waals surface area contributed by atoms with Crippen LogP contribution in [0.25, 0.3) is 0 Å². The van der Waals surface area contributed by atoms with Gasteiger partial charge in [0.25, 0.3) is 0 Å². The van der Waals surface area contributed by atoms with E-state index in [0.29, 0.717) is 18.0 Å². The standard InChI is InChI=1S/C14H19NO4S/c1-2-6-19-8-13(16)15-12-5-3-4-11(7-12)9-20-10-14(17)18/h3-5,7H,2,6,8-10H2,1H3,(H,15,16)(H,17,18). The number of benzene rings is 1. The number of anilines is 1. The Labute approximate surface area is 122 Å². The van der Waals surface area contributed by atoms with Crippen molar-refractivity contribution >= 4 is 29.3 Å². The molecule has 0 radical (unpaired) electrons. The van der Waals surface area contributed by atoms with Crippen LogP contribution in [-0.4, -0.2) is 35.9 Å². The van der Waals surface area contributed by atoms with Crippen LogP contribution < -0.4 is 5.32 Å². The number of ether oxygens (including phenoxy) is 1. The van der Waals surface area contributed by atoms with E-state index in [4.69, 9.17) is 9.84 Å². The largest absolute Gasteiger partial charge is 0.481 e. The summed E-state index contributed by atoms with van der Waals surface area (Å²) in [7, 11) is 0. The van der Waals surface area contributed by atoms with Crippen molar-refractivity contribution < 1.29 is 19.4 Å². The molecule has 6 heteroatoms. The van der Waals surface area contributed by atoms with Gasteiger partial charge in [-0.2, -0.15) is 0 Å². The second-order valence-corrected chi connectivity index (χ2v) is 5.17. The van der Waals surface area contributed by atoms with Crippen LogP contribution in [0.4, 0.5) is 5.69 Å². The molecule has 0 aliphatic heterocycles. The zero-order valence-electron chi connectivity index (χ0n) is 11.4. The second kappa shape index (κ2) is 9.39. The Kier molecular flexibility index (Phi) is 7.75. The Bertz CT molecular complexity index is 451. The van der Waals surface area contributed by atoms with E-state index in [1.165, 1.54) is 11.8 Å². The summed E-state index contributed by atoms with van der Waals surface area (Å²) in [6.45, 7) is 2.60. The Morgan fingerprint density at radius 1 is 1.40 bits per heavy atom. The number of hydrogen-bond donors (Lipinski definition) is 2. The zero-order valence-corrected chi connectivity index (χ0v) is 12.2. The van der Waals surface area contributed by atoms with Crippen molar-refractivity contribution in [1.82, 2.24) is 0 Å². The maximum atomic E-state index is 11.6. The Morgan fingerprint density at radius 3 is 2.90 bits per heavy atom. The van der Waals surface area contributed by atoms with Crippen LogP contribution in [0.1, 0.15) is 18.9 Å². The maximum Gasteiger partial charge on any atom is 0.313 e. The van der Waals surface area contributed by atoms with Crippen LogP contribution in [0.15, 0.2) is 24.3 Å². The number of rotatable bonds is 9. The highest BCUT2D eigenvalue weighted by Gasteiger charge is 2.04. The Hall–Kier alpha value is -1.53. The Balaban J connectivity index is 2.42. The molecule has 0 spiro atoms. The predicted molar refractivity (Wildman–Crippen MR) is 80.0 cm³/mol. The topological polar surface area (TPSA) is 75.6 Å². The summed E-state index contributed by atoms with van der Waals surface area (Å²) in [6, 6.07) is 7.37. The first kappa shape index (κ1) is 16.5. The van der Waals surface area contributed by atoms with Crippen molar-refractivity contribution in [2.24, 2.45) is 0 Å². The molecule has 1 aromatic carbocycles. The summed E-state index contributed by atoms with van der Waals surface area (Å²) < 4.78 is 5.16. The molecule has 0 atom stereocenters. The van der Waals surface area contributed by atoms with Crippen molar-refractivity contribution in [2.45, 2.75) is 19.1 Å². The van der Waals surface area contributed by atoms with E-state index in [0.717, 1.165) is 12.0 Å². The smallest absolute Gasteiger partial charge is 0.313 e. The van der Waals surface area contributed by atoms with E-state index < -0.39 is 5.97 Å². The molecule has 0 unspecified atom stereocenters. The van der Waals surface area contributed by atoms with E-state index in [1.54, 1.807) is 6.07 Å². The first-order valence-corrected chi connectivity index (χ1v) is 7.53. The number of carbonyl (C=O) groups is 2. The van der Waals surface area contributed by atoms with Crippen LogP contribution in [-0.2, 0) is 20.1 Å². The van der Waals surface area contributed by atoms with Crippen LogP contribution in [0.5, 0.6) is 0 Å². The lowest BCUT2D eigenvalue weighted by Crippen LogP contribution is -2.18. The number of nitrogens with one attached hydrogen (secondary N) is 1. The number of aliphatic carboxylic acids is 1. The van der Waals surface area contributed by atoms with Gasteiger partial charge in [0.2, 0.25) is 5.91 Å². The van der Waals surface area contributed by atoms with Gasteiger partial charge in [-0.1, -0.05) is 19.1 Å². The van der Waals surface area contributed by atoms with E-state index in [-0.39, 0.29) is 18.3 Å². The van der Waals surface area contributed by atoms with Crippen LogP contribution in [0, 0.1) is 0 Å². The van der Waals surface area contributed by atoms with Gasteiger partial charge in [-0.3, -0.25) is 9.59 Å². The lowest BCUT2D eigenvalue weighted by Gasteiger charge is -2.07. The molecule has 1 amide bonds. The van der Waals surface area contributed by atoms with Crippen molar-refractivity contribution in [3.63, 3.8) is 0 Å². The molecule has 0 fully saturated rings. The fourth-order valence-corrected chi connectivity index (χ4v) is 2.19.